The van der Waals surface area contributed by atoms with Gasteiger partial charge in [0.2, 0.25) is 10.0 Å². The van der Waals surface area contributed by atoms with Gasteiger partial charge in [-0.05, 0) is 24.3 Å². The number of sulfonamides is 1. The van der Waals surface area contributed by atoms with Gasteiger partial charge in [-0.25, -0.2) is 8.42 Å². The number of nitrogens with zero attached hydrogens (tertiary/aromatic N) is 1. The van der Waals surface area contributed by atoms with Crippen LogP contribution >= 0.6 is 34.8 Å². The van der Waals surface area contributed by atoms with E-state index in [1.807, 2.05) is 0 Å². The molecule has 0 radical (unpaired) electrons. The van der Waals surface area contributed by atoms with E-state index < -0.39 is 15.9 Å². The maximum absolute atomic E-state index is 12.7. The van der Waals surface area contributed by atoms with Crippen LogP contribution in [0.3, 0.4) is 0 Å². The second-order valence-corrected chi connectivity index (χ2v) is 9.24. The van der Waals surface area contributed by atoms with E-state index in [2.05, 4.69) is 5.32 Å². The molecule has 0 aromatic heterocycles. The fourth-order valence-corrected chi connectivity index (χ4v) is 4.67. The Bertz CT molecular complexity index is 1010. The van der Waals surface area contributed by atoms with Crippen molar-refractivity contribution in [3.05, 3.63) is 51.5 Å². The van der Waals surface area contributed by atoms with Gasteiger partial charge in [0, 0.05) is 24.8 Å². The molecule has 1 aliphatic heterocycles. The second-order valence-electron chi connectivity index (χ2n) is 6.08. The van der Waals surface area contributed by atoms with Gasteiger partial charge in [0.05, 0.1) is 33.2 Å². The summed E-state index contributed by atoms with van der Waals surface area (Å²) in [5.74, 6) is -0.284. The van der Waals surface area contributed by atoms with Crippen molar-refractivity contribution in [1.82, 2.24) is 4.31 Å². The smallest absolute Gasteiger partial charge is 0.262 e. The molecule has 1 N–H and O–H groups in total. The first kappa shape index (κ1) is 22.1. The van der Waals surface area contributed by atoms with Crippen molar-refractivity contribution in [2.24, 2.45) is 0 Å². The number of hydrogen-bond donors (Lipinski definition) is 1. The number of benzene rings is 2. The molecule has 1 amide bonds. The maximum atomic E-state index is 12.7. The normalized spacial score (nSPS) is 15.1. The lowest BCUT2D eigenvalue weighted by Gasteiger charge is -2.26. The lowest BCUT2D eigenvalue weighted by atomic mass is 10.3. The molecule has 1 heterocycles. The predicted octanol–water partition coefficient (Wildman–Crippen LogP) is 3.69. The highest BCUT2D eigenvalue weighted by molar-refractivity contribution is 7.89. The number of anilines is 1. The Kier molecular flexibility index (Phi) is 7.26. The number of carbonyl (C=O) groups excluding carboxylic acids is 1. The summed E-state index contributed by atoms with van der Waals surface area (Å²) in [5, 5.41) is 3.33. The first-order valence-corrected chi connectivity index (χ1v) is 11.1. The van der Waals surface area contributed by atoms with Crippen LogP contribution in [-0.2, 0) is 19.6 Å². The van der Waals surface area contributed by atoms with Crippen molar-refractivity contribution < 1.29 is 22.7 Å². The fraction of sp³-hybridized carbons (Fsp3) is 0.278. The van der Waals surface area contributed by atoms with Crippen LogP contribution < -0.4 is 10.1 Å². The van der Waals surface area contributed by atoms with Crippen LogP contribution in [0.25, 0.3) is 0 Å². The number of morpholine rings is 1. The third-order valence-corrected chi connectivity index (χ3v) is 6.97. The molecule has 0 aliphatic carbocycles. The van der Waals surface area contributed by atoms with E-state index in [1.165, 1.54) is 28.6 Å². The van der Waals surface area contributed by atoms with Crippen LogP contribution in [0.2, 0.25) is 15.1 Å². The van der Waals surface area contributed by atoms with E-state index in [4.69, 9.17) is 44.3 Å². The Balaban J connectivity index is 1.65. The van der Waals surface area contributed by atoms with E-state index in [-0.39, 0.29) is 45.4 Å². The Labute approximate surface area is 183 Å². The van der Waals surface area contributed by atoms with Crippen molar-refractivity contribution in [1.29, 1.82) is 0 Å². The predicted molar refractivity (Wildman–Crippen MR) is 112 cm³/mol. The van der Waals surface area contributed by atoms with Crippen molar-refractivity contribution in [3.8, 4) is 5.75 Å². The zero-order valence-corrected chi connectivity index (χ0v) is 18.1. The molecule has 2 aromatic carbocycles. The molecule has 7 nitrogen and oxygen atoms in total. The molecule has 3 rings (SSSR count). The van der Waals surface area contributed by atoms with Gasteiger partial charge < -0.3 is 14.8 Å². The Morgan fingerprint density at radius 3 is 2.48 bits per heavy atom. The van der Waals surface area contributed by atoms with Gasteiger partial charge in [-0.2, -0.15) is 4.31 Å². The molecule has 0 saturated carbocycles. The van der Waals surface area contributed by atoms with Crippen LogP contribution in [0, 0.1) is 0 Å². The van der Waals surface area contributed by atoms with Crippen LogP contribution in [-0.4, -0.2) is 51.5 Å². The molecule has 2 aromatic rings. The van der Waals surface area contributed by atoms with Gasteiger partial charge in [0.15, 0.2) is 6.61 Å². The number of hydrogen-bond acceptors (Lipinski definition) is 5. The molecule has 29 heavy (non-hydrogen) atoms. The minimum Gasteiger partial charge on any atom is -0.482 e. The van der Waals surface area contributed by atoms with Crippen molar-refractivity contribution in [2.45, 2.75) is 4.90 Å². The summed E-state index contributed by atoms with van der Waals surface area (Å²) < 4.78 is 37.4. The highest BCUT2D eigenvalue weighted by Crippen LogP contribution is 2.33. The Morgan fingerprint density at radius 2 is 1.76 bits per heavy atom. The van der Waals surface area contributed by atoms with E-state index in [9.17, 15) is 13.2 Å². The summed E-state index contributed by atoms with van der Waals surface area (Å²) in [6, 6.07) is 8.84. The third-order valence-electron chi connectivity index (χ3n) is 4.06. The van der Waals surface area contributed by atoms with Gasteiger partial charge in [0.1, 0.15) is 5.75 Å². The number of carbonyl (C=O) groups is 1. The number of rotatable bonds is 6. The minimum absolute atomic E-state index is 0.0886. The van der Waals surface area contributed by atoms with Crippen molar-refractivity contribution in [2.75, 3.05) is 38.2 Å². The van der Waals surface area contributed by atoms with Crippen molar-refractivity contribution >= 4 is 56.4 Å². The summed E-state index contributed by atoms with van der Waals surface area (Å²) in [5.41, 5.74) is 0.327. The molecule has 0 spiro atoms. The minimum atomic E-state index is -3.66. The number of ether oxygens (including phenoxy) is 2. The monoisotopic (exact) mass is 478 g/mol. The topological polar surface area (TPSA) is 84.9 Å². The Morgan fingerprint density at radius 1 is 1.07 bits per heavy atom. The molecule has 1 fully saturated rings. The maximum Gasteiger partial charge on any atom is 0.262 e. The van der Waals surface area contributed by atoms with Gasteiger partial charge >= 0.3 is 0 Å². The molecule has 156 valence electrons. The highest BCUT2D eigenvalue weighted by atomic mass is 35.5. The van der Waals surface area contributed by atoms with Crippen LogP contribution in [0.1, 0.15) is 0 Å². The molecular formula is C18H17Cl3N2O5S. The lowest BCUT2D eigenvalue weighted by Crippen LogP contribution is -2.40. The van der Waals surface area contributed by atoms with E-state index in [0.717, 1.165) is 0 Å². The van der Waals surface area contributed by atoms with Crippen LogP contribution in [0.4, 0.5) is 5.69 Å². The number of amides is 1. The quantitative estimate of drug-likeness (QED) is 0.639. The van der Waals surface area contributed by atoms with E-state index in [1.54, 1.807) is 12.1 Å². The largest absolute Gasteiger partial charge is 0.482 e. The zero-order valence-electron chi connectivity index (χ0n) is 15.0. The summed E-state index contributed by atoms with van der Waals surface area (Å²) in [6.45, 7) is 0.932. The molecule has 1 saturated heterocycles. The first-order valence-electron chi connectivity index (χ1n) is 8.52. The summed E-state index contributed by atoms with van der Waals surface area (Å²) in [7, 11) is -3.66. The van der Waals surface area contributed by atoms with Gasteiger partial charge in [-0.1, -0.05) is 40.9 Å². The first-order chi connectivity index (χ1) is 13.8. The third kappa shape index (κ3) is 5.53. The molecule has 0 bridgehead atoms. The zero-order chi connectivity index (χ0) is 21.0. The SMILES string of the molecule is O=C(COc1cc(Cl)c(Cl)cc1Cl)Nc1cccc(S(=O)(=O)N2CCOCC2)c1. The average Bonchev–Trinajstić information content (AvgIpc) is 2.70. The van der Waals surface area contributed by atoms with E-state index in [0.29, 0.717) is 18.9 Å². The van der Waals surface area contributed by atoms with Gasteiger partial charge in [-0.15, -0.1) is 0 Å². The number of nitrogens with one attached hydrogen (secondary N) is 1. The van der Waals surface area contributed by atoms with Crippen molar-refractivity contribution in [3.63, 3.8) is 0 Å². The van der Waals surface area contributed by atoms with Crippen LogP contribution in [0.15, 0.2) is 41.3 Å². The molecule has 11 heteroatoms. The molecule has 0 unspecified atom stereocenters. The Hall–Kier alpha value is -1.55. The summed E-state index contributed by atoms with van der Waals surface area (Å²) in [4.78, 5) is 12.3. The fourth-order valence-electron chi connectivity index (χ4n) is 2.63. The summed E-state index contributed by atoms with van der Waals surface area (Å²) >= 11 is 17.8. The van der Waals surface area contributed by atoms with Crippen LogP contribution in [0.5, 0.6) is 5.75 Å². The highest BCUT2D eigenvalue weighted by Gasteiger charge is 2.26. The summed E-state index contributed by atoms with van der Waals surface area (Å²) in [6.07, 6.45) is 0. The number of halogens is 3. The van der Waals surface area contributed by atoms with Gasteiger partial charge in [0.25, 0.3) is 5.91 Å². The standard InChI is InChI=1S/C18H17Cl3N2O5S/c19-14-9-16(21)17(10-15(14)20)28-11-18(24)22-12-2-1-3-13(8-12)29(25,26)23-4-6-27-7-5-23/h1-3,8-10H,4-7,11H2,(H,22,24). The average molecular weight is 480 g/mol. The lowest BCUT2D eigenvalue weighted by molar-refractivity contribution is -0.118. The molecular weight excluding hydrogens is 463 g/mol. The molecule has 0 atom stereocenters. The second kappa shape index (κ2) is 9.51. The van der Waals surface area contributed by atoms with E-state index >= 15 is 0 Å². The molecule has 1 aliphatic rings. The van der Waals surface area contributed by atoms with Gasteiger partial charge in [-0.3, -0.25) is 4.79 Å².